The molecule has 1 rings (SSSR count). The number of hydrogen-bond acceptors (Lipinski definition) is 2. The molecule has 2 nitrogen and oxygen atoms in total. The molecule has 1 aromatic carbocycles. The van der Waals surface area contributed by atoms with Gasteiger partial charge in [-0.15, -0.1) is 0 Å². The quantitative estimate of drug-likeness (QED) is 0.917. The summed E-state index contributed by atoms with van der Waals surface area (Å²) in [5, 5.41) is 0. The van der Waals surface area contributed by atoms with E-state index in [1.165, 1.54) is 6.07 Å². The molecule has 0 saturated carbocycles. The summed E-state index contributed by atoms with van der Waals surface area (Å²) < 4.78 is 19.3. The summed E-state index contributed by atoms with van der Waals surface area (Å²) in [5.74, 6) is -0.299. The molecule has 84 valence electrons. The monoisotopic (exact) mass is 275 g/mol. The van der Waals surface area contributed by atoms with Gasteiger partial charge in [0, 0.05) is 13.2 Å². The van der Waals surface area contributed by atoms with Crippen LogP contribution in [0.15, 0.2) is 22.7 Å². The maximum atomic E-state index is 13.3. The summed E-state index contributed by atoms with van der Waals surface area (Å²) in [4.78, 5) is 0. The van der Waals surface area contributed by atoms with Crippen LogP contribution in [0.3, 0.4) is 0 Å². The number of benzene rings is 1. The van der Waals surface area contributed by atoms with E-state index < -0.39 is 5.60 Å². The van der Waals surface area contributed by atoms with Gasteiger partial charge in [-0.2, -0.15) is 0 Å². The van der Waals surface area contributed by atoms with E-state index in [9.17, 15) is 4.39 Å². The van der Waals surface area contributed by atoms with Crippen molar-refractivity contribution in [3.63, 3.8) is 0 Å². The first-order valence-electron chi connectivity index (χ1n) is 4.83. The van der Waals surface area contributed by atoms with Crippen LogP contribution in [0.4, 0.5) is 4.39 Å². The van der Waals surface area contributed by atoms with Crippen LogP contribution < -0.4 is 5.73 Å². The molecule has 0 aliphatic carbocycles. The molecule has 0 amide bonds. The summed E-state index contributed by atoms with van der Waals surface area (Å²) in [5.41, 5.74) is 5.80. The second kappa shape index (κ2) is 5.05. The van der Waals surface area contributed by atoms with Crippen molar-refractivity contribution in [2.24, 2.45) is 5.73 Å². The number of ether oxygens (including phenoxy) is 1. The zero-order chi connectivity index (χ0) is 11.5. The lowest BCUT2D eigenvalue weighted by Gasteiger charge is -2.28. The molecule has 2 N–H and O–H groups in total. The fraction of sp³-hybridized carbons (Fsp3) is 0.455. The summed E-state index contributed by atoms with van der Waals surface area (Å²) in [6.45, 7) is 4.62. The predicted octanol–water partition coefficient (Wildman–Crippen LogP) is 2.80. The summed E-state index contributed by atoms with van der Waals surface area (Å²) in [6.07, 6.45) is 0. The fourth-order valence-electron chi connectivity index (χ4n) is 1.40. The molecule has 1 atom stereocenters. The molecule has 0 aliphatic rings. The molecule has 1 unspecified atom stereocenters. The Hall–Kier alpha value is -0.450. The number of nitrogens with two attached hydrogens (primary N) is 1. The Labute approximate surface area is 97.7 Å². The molecule has 0 heterocycles. The highest BCUT2D eigenvalue weighted by Crippen LogP contribution is 2.27. The fourth-order valence-corrected chi connectivity index (χ4v) is 1.65. The first-order chi connectivity index (χ1) is 7.03. The van der Waals surface area contributed by atoms with Crippen molar-refractivity contribution < 1.29 is 9.13 Å². The molecule has 0 fully saturated rings. The molecule has 4 heteroatoms. The van der Waals surface area contributed by atoms with Gasteiger partial charge >= 0.3 is 0 Å². The predicted molar refractivity (Wildman–Crippen MR) is 62.1 cm³/mol. The summed E-state index contributed by atoms with van der Waals surface area (Å²) >= 11 is 3.11. The van der Waals surface area contributed by atoms with Crippen molar-refractivity contribution in [2.75, 3.05) is 13.2 Å². The van der Waals surface area contributed by atoms with Gasteiger partial charge in [0.15, 0.2) is 0 Å². The van der Waals surface area contributed by atoms with Gasteiger partial charge in [-0.3, -0.25) is 0 Å². The highest BCUT2D eigenvalue weighted by molar-refractivity contribution is 9.10. The van der Waals surface area contributed by atoms with E-state index in [1.807, 2.05) is 19.9 Å². The van der Waals surface area contributed by atoms with Crippen LogP contribution in [-0.2, 0) is 10.3 Å². The van der Waals surface area contributed by atoms with Crippen LogP contribution in [0.1, 0.15) is 19.4 Å². The van der Waals surface area contributed by atoms with Crippen LogP contribution >= 0.6 is 15.9 Å². The Bertz CT molecular complexity index is 345. The Balaban J connectivity index is 3.07. The first-order valence-corrected chi connectivity index (χ1v) is 5.62. The molecular weight excluding hydrogens is 261 g/mol. The van der Waals surface area contributed by atoms with Crippen molar-refractivity contribution >= 4 is 15.9 Å². The maximum absolute atomic E-state index is 13.3. The highest BCUT2D eigenvalue weighted by Gasteiger charge is 2.25. The van der Waals surface area contributed by atoms with Crippen molar-refractivity contribution in [3.05, 3.63) is 34.1 Å². The summed E-state index contributed by atoms with van der Waals surface area (Å²) in [6, 6.07) is 4.93. The lowest BCUT2D eigenvalue weighted by atomic mass is 9.96. The van der Waals surface area contributed by atoms with E-state index in [1.54, 1.807) is 6.07 Å². The zero-order valence-electron chi connectivity index (χ0n) is 8.89. The average Bonchev–Trinajstić information content (AvgIpc) is 2.22. The van der Waals surface area contributed by atoms with Gasteiger partial charge in [0.25, 0.3) is 0 Å². The molecule has 1 aromatic rings. The van der Waals surface area contributed by atoms with Gasteiger partial charge in [-0.05, 0) is 47.5 Å². The molecular formula is C11H15BrFNO. The molecule has 0 aromatic heterocycles. The number of halogens is 2. The highest BCUT2D eigenvalue weighted by atomic mass is 79.9. The minimum Gasteiger partial charge on any atom is -0.370 e. The van der Waals surface area contributed by atoms with Gasteiger partial charge in [0.05, 0.1) is 4.47 Å². The first kappa shape index (κ1) is 12.6. The van der Waals surface area contributed by atoms with Gasteiger partial charge in [0.1, 0.15) is 11.4 Å². The van der Waals surface area contributed by atoms with Gasteiger partial charge in [0.2, 0.25) is 0 Å². The minimum absolute atomic E-state index is 0.299. The third-order valence-electron chi connectivity index (χ3n) is 2.38. The largest absolute Gasteiger partial charge is 0.370 e. The van der Waals surface area contributed by atoms with Crippen LogP contribution in [0.25, 0.3) is 0 Å². The lowest BCUT2D eigenvalue weighted by molar-refractivity contribution is -0.0221. The maximum Gasteiger partial charge on any atom is 0.137 e. The van der Waals surface area contributed by atoms with E-state index >= 15 is 0 Å². The molecule has 15 heavy (non-hydrogen) atoms. The molecule has 0 aliphatic heterocycles. The van der Waals surface area contributed by atoms with Gasteiger partial charge in [-0.25, -0.2) is 4.39 Å². The van der Waals surface area contributed by atoms with Crippen molar-refractivity contribution in [3.8, 4) is 0 Å². The Morgan fingerprint density at radius 1 is 1.53 bits per heavy atom. The normalized spacial score (nSPS) is 15.0. The standard InChI is InChI=1S/C11H15BrFNO/c1-3-15-11(2,7-14)8-4-5-9(12)10(13)6-8/h4-6H,3,7,14H2,1-2H3. The van der Waals surface area contributed by atoms with Crippen molar-refractivity contribution in [2.45, 2.75) is 19.4 Å². The van der Waals surface area contributed by atoms with Crippen LogP contribution in [0.2, 0.25) is 0 Å². The van der Waals surface area contributed by atoms with E-state index in [4.69, 9.17) is 10.5 Å². The van der Waals surface area contributed by atoms with E-state index in [0.717, 1.165) is 5.56 Å². The molecule has 0 saturated heterocycles. The molecule has 0 spiro atoms. The molecule has 0 radical (unpaired) electrons. The Morgan fingerprint density at radius 3 is 2.67 bits per heavy atom. The van der Waals surface area contributed by atoms with Crippen LogP contribution in [0.5, 0.6) is 0 Å². The van der Waals surface area contributed by atoms with E-state index in [2.05, 4.69) is 15.9 Å². The SMILES string of the molecule is CCOC(C)(CN)c1ccc(Br)c(F)c1. The van der Waals surface area contributed by atoms with Gasteiger partial charge < -0.3 is 10.5 Å². The average molecular weight is 276 g/mol. The topological polar surface area (TPSA) is 35.2 Å². The van der Waals surface area contributed by atoms with Crippen molar-refractivity contribution in [1.82, 2.24) is 0 Å². The van der Waals surface area contributed by atoms with E-state index in [-0.39, 0.29) is 5.82 Å². The zero-order valence-corrected chi connectivity index (χ0v) is 10.5. The van der Waals surface area contributed by atoms with Gasteiger partial charge in [-0.1, -0.05) is 6.07 Å². The second-order valence-corrected chi connectivity index (χ2v) is 4.35. The lowest BCUT2D eigenvalue weighted by Crippen LogP contribution is -2.35. The smallest absolute Gasteiger partial charge is 0.137 e. The number of hydrogen-bond donors (Lipinski definition) is 1. The Kier molecular flexibility index (Phi) is 4.25. The second-order valence-electron chi connectivity index (χ2n) is 3.50. The van der Waals surface area contributed by atoms with Crippen molar-refractivity contribution in [1.29, 1.82) is 0 Å². The molecule has 0 bridgehead atoms. The minimum atomic E-state index is -0.615. The third-order valence-corrected chi connectivity index (χ3v) is 3.03. The third kappa shape index (κ3) is 2.77. The van der Waals surface area contributed by atoms with Crippen LogP contribution in [-0.4, -0.2) is 13.2 Å². The number of rotatable bonds is 4. The summed E-state index contributed by atoms with van der Waals surface area (Å²) in [7, 11) is 0. The van der Waals surface area contributed by atoms with Crippen LogP contribution in [0, 0.1) is 5.82 Å². The Morgan fingerprint density at radius 2 is 2.20 bits per heavy atom. The van der Waals surface area contributed by atoms with E-state index in [0.29, 0.717) is 17.6 Å².